The highest BCUT2D eigenvalue weighted by Gasteiger charge is 2.35. The number of amides is 1. The topological polar surface area (TPSA) is 97.9 Å². The van der Waals surface area contributed by atoms with Crippen molar-refractivity contribution in [1.29, 1.82) is 0 Å². The molecule has 3 rings (SSSR count). The Bertz CT molecular complexity index is 928. The number of benzene rings is 1. The van der Waals surface area contributed by atoms with E-state index in [4.69, 9.17) is 15.2 Å². The van der Waals surface area contributed by atoms with Crippen LogP contribution in [0.25, 0.3) is 0 Å². The molecule has 0 aliphatic carbocycles. The second-order valence-electron chi connectivity index (χ2n) is 6.69. The Morgan fingerprint density at radius 1 is 1.23 bits per heavy atom. The number of aliphatic hydroxyl groups is 1. The van der Waals surface area contributed by atoms with E-state index in [2.05, 4.69) is 4.98 Å². The smallest absolute Gasteiger partial charge is 0.433 e. The third-order valence-corrected chi connectivity index (χ3v) is 4.48. The Labute approximate surface area is 169 Å². The van der Waals surface area contributed by atoms with Crippen molar-refractivity contribution in [3.63, 3.8) is 0 Å². The standard InChI is InChI=1S/C19H19F4N3O4/c1-29-12-4-11(18(28)26-8-14(20)15(27)9-26)5-13(6-12)30-17-3-10(7-24)2-16(25-17)19(21,22)23/h2-6,14-15,27H,7-9,24H2,1H3/t14-,15-/m0/s1. The molecule has 1 aromatic heterocycles. The van der Waals surface area contributed by atoms with E-state index in [1.165, 1.54) is 31.4 Å². The van der Waals surface area contributed by atoms with E-state index in [0.29, 0.717) is 0 Å². The van der Waals surface area contributed by atoms with Gasteiger partial charge in [-0.05, 0) is 23.8 Å². The highest BCUT2D eigenvalue weighted by atomic mass is 19.4. The molecule has 1 saturated heterocycles. The van der Waals surface area contributed by atoms with E-state index in [1.54, 1.807) is 0 Å². The number of nitrogens with zero attached hydrogens (tertiary/aromatic N) is 2. The number of methoxy groups -OCH3 is 1. The van der Waals surface area contributed by atoms with Gasteiger partial charge < -0.3 is 25.2 Å². The highest BCUT2D eigenvalue weighted by molar-refractivity contribution is 5.95. The number of pyridine rings is 1. The fourth-order valence-electron chi connectivity index (χ4n) is 2.96. The molecule has 0 radical (unpaired) electrons. The van der Waals surface area contributed by atoms with Gasteiger partial charge in [0, 0.05) is 30.8 Å². The molecular formula is C19H19F4N3O4. The summed E-state index contributed by atoms with van der Waals surface area (Å²) in [6, 6.07) is 6.07. The van der Waals surface area contributed by atoms with Gasteiger partial charge in [0.15, 0.2) is 0 Å². The maximum absolute atomic E-state index is 13.6. The lowest BCUT2D eigenvalue weighted by molar-refractivity contribution is -0.141. The number of hydrogen-bond acceptors (Lipinski definition) is 6. The van der Waals surface area contributed by atoms with Crippen molar-refractivity contribution >= 4 is 5.91 Å². The molecule has 1 aromatic carbocycles. The zero-order valence-corrected chi connectivity index (χ0v) is 15.8. The lowest BCUT2D eigenvalue weighted by atomic mass is 10.1. The van der Waals surface area contributed by atoms with Gasteiger partial charge in [-0.15, -0.1) is 0 Å². The summed E-state index contributed by atoms with van der Waals surface area (Å²) >= 11 is 0. The van der Waals surface area contributed by atoms with Gasteiger partial charge in [0.05, 0.1) is 13.7 Å². The molecular weight excluding hydrogens is 410 g/mol. The van der Waals surface area contributed by atoms with Crippen LogP contribution >= 0.6 is 0 Å². The number of ether oxygens (including phenoxy) is 2. The molecule has 30 heavy (non-hydrogen) atoms. The molecule has 1 fully saturated rings. The van der Waals surface area contributed by atoms with E-state index < -0.39 is 30.1 Å². The van der Waals surface area contributed by atoms with Crippen LogP contribution in [-0.4, -0.2) is 53.4 Å². The average molecular weight is 429 g/mol. The normalized spacial score (nSPS) is 19.1. The zero-order valence-electron chi connectivity index (χ0n) is 15.8. The molecule has 162 valence electrons. The fraction of sp³-hybridized carbons (Fsp3) is 0.368. The first-order valence-corrected chi connectivity index (χ1v) is 8.87. The minimum Gasteiger partial charge on any atom is -0.497 e. The average Bonchev–Trinajstić information content (AvgIpc) is 3.04. The highest BCUT2D eigenvalue weighted by Crippen LogP contribution is 2.33. The summed E-state index contributed by atoms with van der Waals surface area (Å²) in [5.74, 6) is -0.766. The fourth-order valence-corrected chi connectivity index (χ4v) is 2.96. The number of likely N-dealkylation sites (tertiary alicyclic amines) is 1. The Hall–Kier alpha value is -2.92. The van der Waals surface area contributed by atoms with E-state index in [1.807, 2.05) is 0 Å². The molecule has 2 heterocycles. The number of hydrogen-bond donors (Lipinski definition) is 2. The van der Waals surface area contributed by atoms with E-state index >= 15 is 0 Å². The van der Waals surface area contributed by atoms with Gasteiger partial charge in [-0.2, -0.15) is 13.2 Å². The maximum Gasteiger partial charge on any atom is 0.433 e. The number of rotatable bonds is 5. The summed E-state index contributed by atoms with van der Waals surface area (Å²) in [4.78, 5) is 17.2. The second kappa shape index (κ2) is 8.44. The maximum atomic E-state index is 13.6. The molecule has 1 amide bonds. The number of aliphatic hydroxyl groups excluding tert-OH is 1. The lowest BCUT2D eigenvalue weighted by Gasteiger charge is -2.17. The van der Waals surface area contributed by atoms with Crippen molar-refractivity contribution in [3.8, 4) is 17.4 Å². The van der Waals surface area contributed by atoms with Gasteiger partial charge in [0.1, 0.15) is 29.5 Å². The number of alkyl halides is 4. The van der Waals surface area contributed by atoms with Gasteiger partial charge in [-0.3, -0.25) is 4.79 Å². The van der Waals surface area contributed by atoms with Crippen molar-refractivity contribution < 1.29 is 36.9 Å². The minimum atomic E-state index is -4.70. The lowest BCUT2D eigenvalue weighted by Crippen LogP contribution is -2.29. The number of nitrogens with two attached hydrogens (primary N) is 1. The van der Waals surface area contributed by atoms with Crippen molar-refractivity contribution in [3.05, 3.63) is 47.2 Å². The van der Waals surface area contributed by atoms with Crippen molar-refractivity contribution in [2.75, 3.05) is 20.2 Å². The van der Waals surface area contributed by atoms with Crippen LogP contribution in [-0.2, 0) is 12.7 Å². The summed E-state index contributed by atoms with van der Waals surface area (Å²) in [7, 11) is 1.33. The van der Waals surface area contributed by atoms with Crippen LogP contribution in [0, 0.1) is 0 Å². The van der Waals surface area contributed by atoms with Crippen LogP contribution in [0.1, 0.15) is 21.6 Å². The Morgan fingerprint density at radius 2 is 1.93 bits per heavy atom. The predicted octanol–water partition coefficient (Wildman–Crippen LogP) is 2.51. The minimum absolute atomic E-state index is 0.0101. The molecule has 0 unspecified atom stereocenters. The molecule has 0 saturated carbocycles. The first-order valence-electron chi connectivity index (χ1n) is 8.87. The van der Waals surface area contributed by atoms with Crippen LogP contribution < -0.4 is 15.2 Å². The van der Waals surface area contributed by atoms with E-state index in [-0.39, 0.29) is 48.1 Å². The summed E-state index contributed by atoms with van der Waals surface area (Å²) in [6.45, 7) is -0.615. The number of aromatic nitrogens is 1. The molecule has 0 spiro atoms. The monoisotopic (exact) mass is 429 g/mol. The van der Waals surface area contributed by atoms with Crippen molar-refractivity contribution in [2.45, 2.75) is 25.0 Å². The first-order chi connectivity index (χ1) is 14.1. The van der Waals surface area contributed by atoms with Gasteiger partial charge in [0.2, 0.25) is 5.88 Å². The quantitative estimate of drug-likeness (QED) is 0.709. The Morgan fingerprint density at radius 3 is 2.50 bits per heavy atom. The number of carbonyl (C=O) groups excluding carboxylic acids is 1. The Balaban J connectivity index is 1.92. The zero-order chi connectivity index (χ0) is 22.1. The van der Waals surface area contributed by atoms with Gasteiger partial charge >= 0.3 is 6.18 Å². The van der Waals surface area contributed by atoms with Crippen LogP contribution in [0.3, 0.4) is 0 Å². The number of carbonyl (C=O) groups is 1. The van der Waals surface area contributed by atoms with Crippen LogP contribution in [0.15, 0.2) is 30.3 Å². The summed E-state index contributed by atoms with van der Waals surface area (Å²) in [5, 5.41) is 9.53. The predicted molar refractivity (Wildman–Crippen MR) is 97.0 cm³/mol. The van der Waals surface area contributed by atoms with Crippen LogP contribution in [0.5, 0.6) is 17.4 Å². The third-order valence-electron chi connectivity index (χ3n) is 4.48. The van der Waals surface area contributed by atoms with E-state index in [9.17, 15) is 27.5 Å². The van der Waals surface area contributed by atoms with Gasteiger partial charge in [0.25, 0.3) is 5.91 Å². The Kier molecular flexibility index (Phi) is 6.13. The molecule has 7 nitrogen and oxygen atoms in total. The van der Waals surface area contributed by atoms with Crippen molar-refractivity contribution in [2.24, 2.45) is 5.73 Å². The third kappa shape index (κ3) is 4.79. The summed E-state index contributed by atoms with van der Waals surface area (Å²) < 4.78 is 63.3. The van der Waals surface area contributed by atoms with Crippen LogP contribution in [0.2, 0.25) is 0 Å². The first kappa shape index (κ1) is 21.8. The van der Waals surface area contributed by atoms with Gasteiger partial charge in [-0.25, -0.2) is 9.37 Å². The molecule has 1 aliphatic rings. The molecule has 1 aliphatic heterocycles. The van der Waals surface area contributed by atoms with Crippen molar-refractivity contribution in [1.82, 2.24) is 9.88 Å². The summed E-state index contributed by atoms with van der Waals surface area (Å²) in [6.07, 6.45) is -7.53. The molecule has 3 N–H and O–H groups in total. The number of halogens is 4. The SMILES string of the molecule is COc1cc(Oc2cc(CN)cc(C(F)(F)F)n2)cc(C(=O)N2C[C@H](O)[C@@H](F)C2)c1. The van der Waals surface area contributed by atoms with E-state index in [0.717, 1.165) is 11.0 Å². The largest absolute Gasteiger partial charge is 0.497 e. The second-order valence-corrected chi connectivity index (χ2v) is 6.69. The van der Waals surface area contributed by atoms with Crippen LogP contribution in [0.4, 0.5) is 17.6 Å². The molecule has 2 aromatic rings. The number of β-amino-alcohol motifs (C(OH)–C–C–N with tert-alkyl or cyclic N) is 1. The molecule has 2 atom stereocenters. The van der Waals surface area contributed by atoms with Gasteiger partial charge in [-0.1, -0.05) is 0 Å². The molecule has 0 bridgehead atoms. The molecule has 11 heteroatoms. The summed E-state index contributed by atoms with van der Waals surface area (Å²) in [5.41, 5.74) is 4.50.